The molecular weight excluding hydrogens is 426 g/mol. The number of aromatic amines is 1. The van der Waals surface area contributed by atoms with Gasteiger partial charge in [-0.1, -0.05) is 17.7 Å². The number of rotatable bonds is 4. The van der Waals surface area contributed by atoms with Gasteiger partial charge in [0.15, 0.2) is 0 Å². The Labute approximate surface area is 183 Å². The van der Waals surface area contributed by atoms with Crippen molar-refractivity contribution in [2.75, 3.05) is 13.1 Å². The highest BCUT2D eigenvalue weighted by Crippen LogP contribution is 2.17. The summed E-state index contributed by atoms with van der Waals surface area (Å²) >= 11 is 5.71. The Bertz CT molecular complexity index is 1080. The van der Waals surface area contributed by atoms with Gasteiger partial charge in [0, 0.05) is 37.2 Å². The van der Waals surface area contributed by atoms with Gasteiger partial charge in [0.1, 0.15) is 23.0 Å². The molecule has 1 aliphatic rings. The molecule has 3 heterocycles. The number of aromatic nitrogens is 2. The Kier molecular flexibility index (Phi) is 7.57. The van der Waals surface area contributed by atoms with Crippen LogP contribution in [0.5, 0.6) is 0 Å². The number of halogens is 3. The highest BCUT2D eigenvalue weighted by Gasteiger charge is 2.16. The summed E-state index contributed by atoms with van der Waals surface area (Å²) in [6.07, 6.45) is 5.42. The number of carbonyl (C=O) groups excluding carboxylic acids is 2. The highest BCUT2D eigenvalue weighted by atomic mass is 35.5. The molecule has 9 heteroatoms. The number of hydrogen-bond donors (Lipinski definition) is 2. The lowest BCUT2D eigenvalue weighted by atomic mass is 10.1. The van der Waals surface area contributed by atoms with Crippen LogP contribution in [0.3, 0.4) is 0 Å². The minimum Gasteiger partial charge on any atom is -0.364 e. The number of nitrogens with zero attached hydrogens (tertiary/aromatic N) is 2. The van der Waals surface area contributed by atoms with Gasteiger partial charge >= 0.3 is 0 Å². The van der Waals surface area contributed by atoms with Crippen molar-refractivity contribution in [2.45, 2.75) is 32.1 Å². The van der Waals surface area contributed by atoms with E-state index in [4.69, 9.17) is 17.3 Å². The fourth-order valence-electron chi connectivity index (χ4n) is 3.39. The number of primary amides is 1. The number of nitrogens with one attached hydrogen (secondary N) is 1. The van der Waals surface area contributed by atoms with Crippen LogP contribution in [-0.4, -0.2) is 39.8 Å². The van der Waals surface area contributed by atoms with E-state index in [0.29, 0.717) is 34.8 Å². The van der Waals surface area contributed by atoms with E-state index < -0.39 is 17.5 Å². The van der Waals surface area contributed by atoms with Crippen LogP contribution in [0.2, 0.25) is 5.02 Å². The van der Waals surface area contributed by atoms with Crippen molar-refractivity contribution >= 4 is 34.4 Å². The first kappa shape index (κ1) is 22.7. The van der Waals surface area contributed by atoms with Gasteiger partial charge in [-0.25, -0.2) is 13.8 Å². The number of H-pyrrole nitrogens is 1. The molecule has 3 aromatic rings. The highest BCUT2D eigenvalue weighted by molar-refractivity contribution is 6.31. The van der Waals surface area contributed by atoms with Gasteiger partial charge in [-0.2, -0.15) is 0 Å². The molecule has 1 aromatic carbocycles. The van der Waals surface area contributed by atoms with E-state index in [2.05, 4.69) is 9.97 Å². The number of hydrogen-bond acceptors (Lipinski definition) is 3. The molecule has 2 aromatic heterocycles. The number of benzene rings is 1. The van der Waals surface area contributed by atoms with Crippen molar-refractivity contribution in [3.8, 4) is 0 Å². The molecule has 0 radical (unpaired) electrons. The second kappa shape index (κ2) is 10.3. The maximum Gasteiger partial charge on any atom is 0.265 e. The van der Waals surface area contributed by atoms with E-state index in [1.54, 1.807) is 12.1 Å². The molecule has 1 aliphatic heterocycles. The first-order chi connectivity index (χ1) is 14.8. The standard InChI is InChI=1S/C14H17F2NO.C8H6ClN3O/c15-12-6-4-11(13(16)10-12)5-7-14(18)17-8-2-1-3-9-17;9-5-1-4-2-6(7(10)13)12-8(4)11-3-5/h4,6,10H,1-3,5,7-9H2;1-3H,(H2,10,13)(H,11,12). The summed E-state index contributed by atoms with van der Waals surface area (Å²) in [6, 6.07) is 6.84. The normalized spacial score (nSPS) is 13.6. The third-order valence-electron chi connectivity index (χ3n) is 5.03. The lowest BCUT2D eigenvalue weighted by Crippen LogP contribution is -2.35. The Hall–Kier alpha value is -3.00. The Balaban J connectivity index is 0.000000185. The van der Waals surface area contributed by atoms with Crippen LogP contribution in [0.4, 0.5) is 8.78 Å². The van der Waals surface area contributed by atoms with Gasteiger partial charge < -0.3 is 15.6 Å². The molecule has 0 spiro atoms. The molecule has 0 aliphatic carbocycles. The number of pyridine rings is 1. The maximum atomic E-state index is 13.4. The van der Waals surface area contributed by atoms with Crippen molar-refractivity contribution in [3.63, 3.8) is 0 Å². The van der Waals surface area contributed by atoms with Gasteiger partial charge in [0.25, 0.3) is 5.91 Å². The summed E-state index contributed by atoms with van der Waals surface area (Å²) in [5.74, 6) is -1.59. The SMILES string of the molecule is NC(=O)c1cc2cc(Cl)cnc2[nH]1.O=C(CCc1ccc(F)cc1F)N1CCCCC1. The summed E-state index contributed by atoms with van der Waals surface area (Å²) in [4.78, 5) is 31.3. The van der Waals surface area contributed by atoms with Crippen LogP contribution < -0.4 is 5.73 Å². The number of amides is 2. The lowest BCUT2D eigenvalue weighted by molar-refractivity contribution is -0.132. The van der Waals surface area contributed by atoms with Gasteiger partial charge in [0.05, 0.1) is 5.02 Å². The molecule has 0 unspecified atom stereocenters. The summed E-state index contributed by atoms with van der Waals surface area (Å²) in [7, 11) is 0. The number of carbonyl (C=O) groups is 2. The van der Waals surface area contributed by atoms with Gasteiger partial charge in [-0.3, -0.25) is 9.59 Å². The molecule has 0 atom stereocenters. The predicted molar refractivity (Wildman–Crippen MR) is 115 cm³/mol. The van der Waals surface area contributed by atoms with Crippen LogP contribution in [0, 0.1) is 11.6 Å². The number of likely N-dealkylation sites (tertiary alicyclic amines) is 1. The summed E-state index contributed by atoms with van der Waals surface area (Å²) in [5, 5.41) is 1.31. The summed E-state index contributed by atoms with van der Waals surface area (Å²) in [5.41, 5.74) is 6.44. The topological polar surface area (TPSA) is 92.1 Å². The van der Waals surface area contributed by atoms with Crippen molar-refractivity contribution in [1.82, 2.24) is 14.9 Å². The second-order valence-electron chi connectivity index (χ2n) is 7.32. The van der Waals surface area contributed by atoms with E-state index in [0.717, 1.165) is 37.4 Å². The number of fused-ring (bicyclic) bond motifs is 1. The van der Waals surface area contributed by atoms with E-state index in [1.807, 2.05) is 4.90 Å². The van der Waals surface area contributed by atoms with Crippen LogP contribution in [0.15, 0.2) is 36.5 Å². The second-order valence-corrected chi connectivity index (χ2v) is 7.75. The Morgan fingerprint density at radius 1 is 1.13 bits per heavy atom. The molecule has 1 fully saturated rings. The molecule has 0 saturated carbocycles. The van der Waals surface area contributed by atoms with Crippen molar-refractivity contribution in [3.05, 3.63) is 64.4 Å². The summed E-state index contributed by atoms with van der Waals surface area (Å²) in [6.45, 7) is 1.62. The molecule has 0 bridgehead atoms. The Morgan fingerprint density at radius 2 is 1.87 bits per heavy atom. The van der Waals surface area contributed by atoms with E-state index in [1.165, 1.54) is 24.8 Å². The van der Waals surface area contributed by atoms with Gasteiger partial charge in [-0.05, 0) is 49.4 Å². The molecule has 164 valence electrons. The average molecular weight is 449 g/mol. The number of piperidine rings is 1. The molecule has 6 nitrogen and oxygen atoms in total. The van der Waals surface area contributed by atoms with Crippen molar-refractivity contribution in [1.29, 1.82) is 0 Å². The molecule has 1 saturated heterocycles. The summed E-state index contributed by atoms with van der Waals surface area (Å²) < 4.78 is 26.1. The molecule has 31 heavy (non-hydrogen) atoms. The fourth-order valence-corrected chi connectivity index (χ4v) is 3.56. The minimum atomic E-state index is -0.585. The number of aryl methyl sites for hydroxylation is 1. The van der Waals surface area contributed by atoms with Crippen LogP contribution in [0.1, 0.15) is 41.7 Å². The first-order valence-corrected chi connectivity index (χ1v) is 10.4. The molecule has 4 rings (SSSR count). The van der Waals surface area contributed by atoms with Crippen LogP contribution in [-0.2, 0) is 11.2 Å². The molecule has 2 amide bonds. The van der Waals surface area contributed by atoms with Crippen LogP contribution >= 0.6 is 11.6 Å². The zero-order chi connectivity index (χ0) is 22.4. The van der Waals surface area contributed by atoms with Crippen molar-refractivity contribution < 1.29 is 18.4 Å². The average Bonchev–Trinajstić information content (AvgIpc) is 3.18. The molecule has 3 N–H and O–H groups in total. The van der Waals surface area contributed by atoms with E-state index in [-0.39, 0.29) is 5.91 Å². The third-order valence-corrected chi connectivity index (χ3v) is 5.24. The van der Waals surface area contributed by atoms with Gasteiger partial charge in [0.2, 0.25) is 5.91 Å². The zero-order valence-corrected chi connectivity index (χ0v) is 17.6. The quantitative estimate of drug-likeness (QED) is 0.625. The predicted octanol–water partition coefficient (Wildman–Crippen LogP) is 4.23. The third kappa shape index (κ3) is 6.24. The maximum absolute atomic E-state index is 13.4. The lowest BCUT2D eigenvalue weighted by Gasteiger charge is -2.26. The van der Waals surface area contributed by atoms with E-state index >= 15 is 0 Å². The smallest absolute Gasteiger partial charge is 0.265 e. The number of nitrogens with two attached hydrogens (primary N) is 1. The van der Waals surface area contributed by atoms with E-state index in [9.17, 15) is 18.4 Å². The molecular formula is C22H23ClF2N4O2. The monoisotopic (exact) mass is 448 g/mol. The fraction of sp³-hybridized carbons (Fsp3) is 0.318. The van der Waals surface area contributed by atoms with Gasteiger partial charge in [-0.15, -0.1) is 0 Å². The first-order valence-electron chi connectivity index (χ1n) is 9.99. The largest absolute Gasteiger partial charge is 0.364 e. The zero-order valence-electron chi connectivity index (χ0n) is 16.8. The van der Waals surface area contributed by atoms with Crippen molar-refractivity contribution in [2.24, 2.45) is 5.73 Å². The van der Waals surface area contributed by atoms with Crippen LogP contribution in [0.25, 0.3) is 11.0 Å². The minimum absolute atomic E-state index is 0.0680. The Morgan fingerprint density at radius 3 is 2.55 bits per heavy atom.